The van der Waals surface area contributed by atoms with Crippen molar-refractivity contribution in [2.24, 2.45) is 14.1 Å². The molecule has 5 heterocycles. The van der Waals surface area contributed by atoms with Gasteiger partial charge < -0.3 is 9.31 Å². The van der Waals surface area contributed by atoms with Crippen LogP contribution in [0.3, 0.4) is 0 Å². The van der Waals surface area contributed by atoms with Crippen LogP contribution < -0.4 is 5.46 Å². The minimum absolute atomic E-state index is 0.222. The highest BCUT2D eigenvalue weighted by Crippen LogP contribution is 2.36. The second-order valence-electron chi connectivity index (χ2n) is 13.8. The van der Waals surface area contributed by atoms with Crippen molar-refractivity contribution in [2.45, 2.75) is 116 Å². The van der Waals surface area contributed by atoms with Crippen molar-refractivity contribution in [3.05, 3.63) is 75.2 Å². The molecule has 0 N–H and O–H groups in total. The van der Waals surface area contributed by atoms with Crippen LogP contribution in [0.4, 0.5) is 0 Å². The maximum atomic E-state index is 5.89. The van der Waals surface area contributed by atoms with Gasteiger partial charge in [-0.2, -0.15) is 10.2 Å². The fourth-order valence-electron chi connectivity index (χ4n) is 5.85. The summed E-state index contributed by atoms with van der Waals surface area (Å²) in [6.45, 7) is 14.1. The van der Waals surface area contributed by atoms with E-state index >= 15 is 0 Å². The predicted octanol–water partition coefficient (Wildman–Crippen LogP) is 8.23. The molecule has 8 nitrogen and oxygen atoms in total. The van der Waals surface area contributed by atoms with Crippen LogP contribution in [-0.4, -0.2) is 52.7 Å². The minimum atomic E-state index is -0.302. The molecule has 1 saturated heterocycles. The largest absolute Gasteiger partial charge is 0.498 e. The molecular formula is C36H50BBrCl2N6O2. The third kappa shape index (κ3) is 10.2. The summed E-state index contributed by atoms with van der Waals surface area (Å²) in [6.07, 6.45) is 17.5. The van der Waals surface area contributed by atoms with Gasteiger partial charge in [-0.25, -0.2) is 4.98 Å². The van der Waals surface area contributed by atoms with Crippen molar-refractivity contribution < 1.29 is 9.31 Å². The summed E-state index contributed by atoms with van der Waals surface area (Å²) in [5.74, 6) is 0. The van der Waals surface area contributed by atoms with Gasteiger partial charge in [-0.1, -0.05) is 12.1 Å². The highest BCUT2D eigenvalue weighted by Gasteiger charge is 2.52. The minimum Gasteiger partial charge on any atom is -0.399 e. The standard InChI is InChI=1S/C14H17N3.C10H17BN2O2.C10H12BrN.C2H4Cl2/c1-10-7-11-5-3-4-6-13(11)16-14(10)12-8-15-17(2)9-12;1-9(2)10(3,4)15-11(14-9)8-6-12-13(5)7-8;1-7-6-8-4-2-3-5-9(8)12-10(7)11;1-2(3)4/h7-9H,3-6H2,1-2H3;6-7H,1-5H3;6H,2-5H2,1H3;2H,1H3. The van der Waals surface area contributed by atoms with Crippen molar-refractivity contribution >= 4 is 51.7 Å². The molecule has 0 spiro atoms. The summed E-state index contributed by atoms with van der Waals surface area (Å²) in [6, 6.07) is 4.58. The van der Waals surface area contributed by atoms with E-state index in [-0.39, 0.29) is 23.2 Å². The molecule has 0 saturated carbocycles. The number of halogens is 3. The van der Waals surface area contributed by atoms with Crippen molar-refractivity contribution in [2.75, 3.05) is 0 Å². The third-order valence-corrected chi connectivity index (χ3v) is 9.95. The SMILES string of the molecule is CC(Cl)Cl.Cc1cc2c(nc1-c1cnn(C)c1)CCCC2.Cc1cc2c(nc1Br)CCCC2.Cn1cc(B2OC(C)(C)C(C)(C)O2)cn1. The number of hydrogen-bond acceptors (Lipinski definition) is 6. The van der Waals surface area contributed by atoms with Gasteiger partial charge in [0.25, 0.3) is 0 Å². The molecule has 1 fully saturated rings. The number of hydrogen-bond donors (Lipinski definition) is 0. The van der Waals surface area contributed by atoms with E-state index in [0.29, 0.717) is 0 Å². The average molecular weight is 760 g/mol. The molecule has 0 atom stereocenters. The van der Waals surface area contributed by atoms with Gasteiger partial charge in [0.2, 0.25) is 0 Å². The van der Waals surface area contributed by atoms with Crippen molar-refractivity contribution in [1.82, 2.24) is 29.5 Å². The quantitative estimate of drug-likeness (QED) is 0.116. The van der Waals surface area contributed by atoms with Gasteiger partial charge >= 0.3 is 7.12 Å². The number of pyridine rings is 2. The van der Waals surface area contributed by atoms with E-state index in [9.17, 15) is 0 Å². The zero-order valence-electron chi connectivity index (χ0n) is 29.9. The molecule has 0 unspecified atom stereocenters. The Morgan fingerprint density at radius 3 is 1.75 bits per heavy atom. The molecule has 0 aromatic carbocycles. The summed E-state index contributed by atoms with van der Waals surface area (Å²) < 4.78 is 16.4. The number of nitrogens with zero attached hydrogens (tertiary/aromatic N) is 6. The smallest absolute Gasteiger partial charge is 0.399 e. The van der Waals surface area contributed by atoms with Gasteiger partial charge in [-0.05, 0) is 138 Å². The summed E-state index contributed by atoms with van der Waals surface area (Å²) in [4.78, 5) is 9.15. The topological polar surface area (TPSA) is 79.9 Å². The van der Waals surface area contributed by atoms with E-state index in [2.05, 4.69) is 57.1 Å². The molecule has 3 aliphatic rings. The molecule has 0 radical (unpaired) electrons. The van der Waals surface area contributed by atoms with Gasteiger partial charge in [0.05, 0.1) is 23.1 Å². The lowest BCUT2D eigenvalue weighted by Gasteiger charge is -2.32. The van der Waals surface area contributed by atoms with E-state index in [0.717, 1.165) is 34.2 Å². The molecule has 7 rings (SSSR count). The van der Waals surface area contributed by atoms with E-state index in [4.69, 9.17) is 37.5 Å². The number of aromatic nitrogens is 6. The molecule has 4 aromatic heterocycles. The zero-order valence-corrected chi connectivity index (χ0v) is 33.0. The molecule has 12 heteroatoms. The van der Waals surface area contributed by atoms with Gasteiger partial charge in [-0.3, -0.25) is 14.3 Å². The Kier molecular flexibility index (Phi) is 13.4. The van der Waals surface area contributed by atoms with E-state index in [1.54, 1.807) is 17.8 Å². The molecule has 0 bridgehead atoms. The second kappa shape index (κ2) is 16.6. The Morgan fingerprint density at radius 1 is 0.771 bits per heavy atom. The third-order valence-electron chi connectivity index (χ3n) is 9.15. The van der Waals surface area contributed by atoms with Crippen LogP contribution in [0.15, 0.2) is 41.5 Å². The maximum Gasteiger partial charge on any atom is 0.498 e. The molecule has 0 amide bonds. The summed E-state index contributed by atoms with van der Waals surface area (Å²) in [7, 11) is 3.52. The van der Waals surface area contributed by atoms with Crippen LogP contribution in [0, 0.1) is 13.8 Å². The van der Waals surface area contributed by atoms with Crippen LogP contribution in [0.1, 0.15) is 93.9 Å². The van der Waals surface area contributed by atoms with Gasteiger partial charge in [0, 0.05) is 55.1 Å². The fraction of sp³-hybridized carbons (Fsp3) is 0.556. The first kappa shape index (κ1) is 38.6. The van der Waals surface area contributed by atoms with Crippen LogP contribution in [0.25, 0.3) is 11.3 Å². The lowest BCUT2D eigenvalue weighted by atomic mass is 9.82. The first-order valence-electron chi connectivity index (χ1n) is 16.8. The normalized spacial score (nSPS) is 17.2. The lowest BCUT2D eigenvalue weighted by Crippen LogP contribution is -2.41. The van der Waals surface area contributed by atoms with E-state index in [1.807, 2.05) is 65.1 Å². The van der Waals surface area contributed by atoms with Crippen molar-refractivity contribution in [3.8, 4) is 11.3 Å². The lowest BCUT2D eigenvalue weighted by molar-refractivity contribution is 0.00578. The first-order valence-corrected chi connectivity index (χ1v) is 18.5. The molecule has 260 valence electrons. The monoisotopic (exact) mass is 758 g/mol. The first-order chi connectivity index (χ1) is 22.6. The maximum absolute atomic E-state index is 5.89. The average Bonchev–Trinajstić information content (AvgIpc) is 3.70. The van der Waals surface area contributed by atoms with Gasteiger partial charge in [0.15, 0.2) is 0 Å². The van der Waals surface area contributed by atoms with Crippen LogP contribution in [0.2, 0.25) is 0 Å². The Hall–Kier alpha value is -2.24. The Balaban J connectivity index is 0.000000156. The molecule has 4 aromatic rings. The second-order valence-corrected chi connectivity index (χ2v) is 16.1. The Morgan fingerprint density at radius 2 is 1.25 bits per heavy atom. The molecule has 48 heavy (non-hydrogen) atoms. The van der Waals surface area contributed by atoms with Gasteiger partial charge in [-0.15, -0.1) is 23.2 Å². The fourth-order valence-corrected chi connectivity index (χ4v) is 6.18. The number of alkyl halides is 2. The highest BCUT2D eigenvalue weighted by atomic mass is 79.9. The summed E-state index contributed by atoms with van der Waals surface area (Å²) in [5.41, 5.74) is 10.6. The van der Waals surface area contributed by atoms with Crippen LogP contribution >= 0.6 is 39.1 Å². The highest BCUT2D eigenvalue weighted by molar-refractivity contribution is 9.10. The van der Waals surface area contributed by atoms with Crippen LogP contribution in [0.5, 0.6) is 0 Å². The predicted molar refractivity (Wildman–Crippen MR) is 201 cm³/mol. The Bertz CT molecular complexity index is 1620. The zero-order chi connectivity index (χ0) is 35.2. The van der Waals surface area contributed by atoms with Crippen LogP contribution in [-0.2, 0) is 49.1 Å². The summed E-state index contributed by atoms with van der Waals surface area (Å²) in [5, 5.41) is 8.34. The van der Waals surface area contributed by atoms with Crippen molar-refractivity contribution in [1.29, 1.82) is 0 Å². The molecule has 2 aliphatic carbocycles. The van der Waals surface area contributed by atoms with Crippen molar-refractivity contribution in [3.63, 3.8) is 0 Å². The number of rotatable bonds is 2. The molecular weight excluding hydrogens is 710 g/mol. The molecule has 1 aliphatic heterocycles. The number of aryl methyl sites for hydroxylation is 8. The van der Waals surface area contributed by atoms with Gasteiger partial charge in [0.1, 0.15) is 9.44 Å². The summed E-state index contributed by atoms with van der Waals surface area (Å²) >= 11 is 13.5. The van der Waals surface area contributed by atoms with E-state index in [1.165, 1.54) is 72.2 Å². The number of fused-ring (bicyclic) bond motifs is 2. The Labute approximate surface area is 305 Å². The van der Waals surface area contributed by atoms with E-state index < -0.39 is 0 Å².